The van der Waals surface area contributed by atoms with Crippen LogP contribution in [0.3, 0.4) is 0 Å². The van der Waals surface area contributed by atoms with Crippen LogP contribution in [0.15, 0.2) is 42.5 Å². The fourth-order valence-corrected chi connectivity index (χ4v) is 2.25. The Kier molecular flexibility index (Phi) is 5.15. The molecule has 0 heterocycles. The predicted molar refractivity (Wildman–Crippen MR) is 78.4 cm³/mol. The molecule has 0 aliphatic heterocycles. The van der Waals surface area contributed by atoms with Gasteiger partial charge in [0.1, 0.15) is 24.9 Å². The minimum absolute atomic E-state index is 0.267. The number of carbonyl (C=O) groups excluding carboxylic acids is 2. The number of aliphatic hydroxyl groups is 3. The van der Waals surface area contributed by atoms with E-state index >= 15 is 0 Å². The molecule has 7 heteroatoms. The average Bonchev–Trinajstić information content (AvgIpc) is 2.54. The summed E-state index contributed by atoms with van der Waals surface area (Å²) in [7, 11) is 0. The molecule has 1 aliphatic carbocycles. The van der Waals surface area contributed by atoms with Gasteiger partial charge in [-0.1, -0.05) is 24.3 Å². The third-order valence-corrected chi connectivity index (χ3v) is 3.56. The third-order valence-electron chi connectivity index (χ3n) is 3.56. The van der Waals surface area contributed by atoms with Crippen LogP contribution >= 0.6 is 0 Å². The molecule has 0 radical (unpaired) electrons. The van der Waals surface area contributed by atoms with Gasteiger partial charge < -0.3 is 24.8 Å². The van der Waals surface area contributed by atoms with Crippen molar-refractivity contribution in [3.8, 4) is 0 Å². The smallest absolute Gasteiger partial charge is 0.338 e. The van der Waals surface area contributed by atoms with Crippen LogP contribution in [0.25, 0.3) is 0 Å². The zero-order valence-corrected chi connectivity index (χ0v) is 12.5. The van der Waals surface area contributed by atoms with Gasteiger partial charge in [0.15, 0.2) is 5.60 Å². The highest BCUT2D eigenvalue weighted by Crippen LogP contribution is 2.27. The maximum absolute atomic E-state index is 11.9. The van der Waals surface area contributed by atoms with E-state index in [1.807, 2.05) is 0 Å². The lowest BCUT2D eigenvalue weighted by molar-refractivity contribution is -0.194. The summed E-state index contributed by atoms with van der Waals surface area (Å²) in [5.74, 6) is -1.37. The molecule has 0 spiro atoms. The lowest BCUT2D eigenvalue weighted by Gasteiger charge is -2.40. The number of rotatable bonds is 4. The molecule has 7 nitrogen and oxygen atoms in total. The first-order chi connectivity index (χ1) is 10.8. The van der Waals surface area contributed by atoms with Crippen LogP contribution in [0.4, 0.5) is 0 Å². The van der Waals surface area contributed by atoms with Crippen LogP contribution < -0.4 is 0 Å². The van der Waals surface area contributed by atoms with Crippen LogP contribution in [-0.2, 0) is 14.3 Å². The normalized spacial score (nSPS) is 29.8. The van der Waals surface area contributed by atoms with Crippen LogP contribution in [0.2, 0.25) is 0 Å². The maximum Gasteiger partial charge on any atom is 0.338 e. The van der Waals surface area contributed by atoms with Crippen molar-refractivity contribution >= 4 is 11.9 Å². The number of carbonyl (C=O) groups is 2. The number of esters is 2. The van der Waals surface area contributed by atoms with E-state index in [2.05, 4.69) is 0 Å². The zero-order valence-electron chi connectivity index (χ0n) is 12.5. The van der Waals surface area contributed by atoms with Crippen molar-refractivity contribution in [1.29, 1.82) is 0 Å². The minimum Gasteiger partial charge on any atom is -0.459 e. The highest BCUT2D eigenvalue weighted by Gasteiger charge is 2.50. The zero-order chi connectivity index (χ0) is 17.0. The van der Waals surface area contributed by atoms with E-state index in [-0.39, 0.29) is 5.56 Å². The maximum atomic E-state index is 11.9. The second-order valence-electron chi connectivity index (χ2n) is 5.28. The van der Waals surface area contributed by atoms with Gasteiger partial charge in [-0.15, -0.1) is 0 Å². The van der Waals surface area contributed by atoms with Crippen molar-refractivity contribution in [3.05, 3.63) is 48.0 Å². The molecule has 1 aliphatic rings. The second-order valence-corrected chi connectivity index (χ2v) is 5.28. The largest absolute Gasteiger partial charge is 0.459 e. The number of aliphatic hydroxyl groups excluding tert-OH is 2. The van der Waals surface area contributed by atoms with Gasteiger partial charge in [0.2, 0.25) is 0 Å². The van der Waals surface area contributed by atoms with Crippen LogP contribution in [-0.4, -0.2) is 57.8 Å². The SMILES string of the molecule is CC(=O)O[C@@H]1C=C[C@H](O)[C@](O)(COC(=O)c2ccccc2)[C@H]1O. The first kappa shape index (κ1) is 17.1. The van der Waals surface area contributed by atoms with Crippen LogP contribution in [0, 0.1) is 0 Å². The van der Waals surface area contributed by atoms with Gasteiger partial charge in [-0.05, 0) is 18.2 Å². The summed E-state index contributed by atoms with van der Waals surface area (Å²) in [4.78, 5) is 22.9. The molecular weight excluding hydrogens is 304 g/mol. The van der Waals surface area contributed by atoms with Crippen molar-refractivity contribution in [3.63, 3.8) is 0 Å². The Morgan fingerprint density at radius 1 is 1.17 bits per heavy atom. The van der Waals surface area contributed by atoms with E-state index in [0.29, 0.717) is 0 Å². The molecule has 0 saturated carbocycles. The first-order valence-corrected chi connectivity index (χ1v) is 7.01. The summed E-state index contributed by atoms with van der Waals surface area (Å²) in [5, 5.41) is 30.5. The van der Waals surface area contributed by atoms with Crippen molar-refractivity contribution in [2.24, 2.45) is 0 Å². The second kappa shape index (κ2) is 6.91. The Morgan fingerprint density at radius 2 is 1.83 bits per heavy atom. The Labute approximate surface area is 132 Å². The number of ether oxygens (including phenoxy) is 2. The summed E-state index contributed by atoms with van der Waals surface area (Å²) in [6.45, 7) is 0.491. The molecule has 1 aromatic rings. The lowest BCUT2D eigenvalue weighted by atomic mass is 9.83. The van der Waals surface area contributed by atoms with E-state index in [0.717, 1.165) is 6.92 Å². The number of hydrogen-bond donors (Lipinski definition) is 3. The lowest BCUT2D eigenvalue weighted by Crippen LogP contribution is -2.61. The summed E-state index contributed by atoms with van der Waals surface area (Å²) in [6, 6.07) is 8.08. The van der Waals surface area contributed by atoms with Crippen molar-refractivity contribution in [2.45, 2.75) is 30.8 Å². The third kappa shape index (κ3) is 3.76. The van der Waals surface area contributed by atoms with Gasteiger partial charge in [0, 0.05) is 6.92 Å². The Morgan fingerprint density at radius 3 is 2.43 bits per heavy atom. The van der Waals surface area contributed by atoms with Crippen LogP contribution in [0.1, 0.15) is 17.3 Å². The standard InChI is InChI=1S/C16H18O7/c1-10(17)23-12-7-8-13(18)16(21,14(12)19)9-22-15(20)11-5-3-2-4-6-11/h2-8,12-14,18-19,21H,9H2,1H3/t12-,13+,14+,16-/m1/s1. The van der Waals surface area contributed by atoms with Crippen molar-refractivity contribution in [1.82, 2.24) is 0 Å². The Hall–Kier alpha value is -2.22. The Bertz CT molecular complexity index is 598. The minimum atomic E-state index is -2.18. The topological polar surface area (TPSA) is 113 Å². The molecule has 3 N–H and O–H groups in total. The summed E-state index contributed by atoms with van der Waals surface area (Å²) in [5.41, 5.74) is -1.91. The van der Waals surface area contributed by atoms with Crippen molar-refractivity contribution < 1.29 is 34.4 Å². The summed E-state index contributed by atoms with van der Waals surface area (Å²) < 4.78 is 9.83. The van der Waals surface area contributed by atoms with E-state index in [1.54, 1.807) is 18.2 Å². The fraction of sp³-hybridized carbons (Fsp3) is 0.375. The van der Waals surface area contributed by atoms with Gasteiger partial charge in [0.05, 0.1) is 5.56 Å². The molecule has 4 atom stereocenters. The molecule has 124 valence electrons. The summed E-state index contributed by atoms with van der Waals surface area (Å²) in [6.07, 6.45) is -1.82. The van der Waals surface area contributed by atoms with E-state index in [4.69, 9.17) is 9.47 Å². The molecule has 0 saturated heterocycles. The van der Waals surface area contributed by atoms with Crippen molar-refractivity contribution in [2.75, 3.05) is 6.61 Å². The van der Waals surface area contributed by atoms with Gasteiger partial charge in [-0.3, -0.25) is 4.79 Å². The fourth-order valence-electron chi connectivity index (χ4n) is 2.25. The molecule has 0 fully saturated rings. The predicted octanol–water partition coefficient (Wildman–Crippen LogP) is -0.202. The molecular formula is C16H18O7. The molecule has 1 aromatic carbocycles. The van der Waals surface area contributed by atoms with E-state index in [1.165, 1.54) is 24.3 Å². The Balaban J connectivity index is 2.08. The number of benzene rings is 1. The highest BCUT2D eigenvalue weighted by atomic mass is 16.6. The van der Waals surface area contributed by atoms with Gasteiger partial charge >= 0.3 is 11.9 Å². The quantitative estimate of drug-likeness (QED) is 0.519. The molecule has 0 amide bonds. The first-order valence-electron chi connectivity index (χ1n) is 7.01. The summed E-state index contributed by atoms with van der Waals surface area (Å²) >= 11 is 0. The van der Waals surface area contributed by atoms with E-state index in [9.17, 15) is 24.9 Å². The molecule has 0 aromatic heterocycles. The van der Waals surface area contributed by atoms with Crippen LogP contribution in [0.5, 0.6) is 0 Å². The van der Waals surface area contributed by atoms with Gasteiger partial charge in [-0.2, -0.15) is 0 Å². The molecule has 2 rings (SSSR count). The van der Waals surface area contributed by atoms with Gasteiger partial charge in [-0.25, -0.2) is 4.79 Å². The molecule has 0 unspecified atom stereocenters. The van der Waals surface area contributed by atoms with E-state index < -0.39 is 42.5 Å². The highest BCUT2D eigenvalue weighted by molar-refractivity contribution is 5.89. The number of hydrogen-bond acceptors (Lipinski definition) is 7. The molecule has 23 heavy (non-hydrogen) atoms. The van der Waals surface area contributed by atoms with Gasteiger partial charge in [0.25, 0.3) is 0 Å². The molecule has 0 bridgehead atoms. The monoisotopic (exact) mass is 322 g/mol. The average molecular weight is 322 g/mol.